The van der Waals surface area contributed by atoms with Crippen molar-refractivity contribution in [2.24, 2.45) is 0 Å². The fourth-order valence-corrected chi connectivity index (χ4v) is 4.28. The summed E-state index contributed by atoms with van der Waals surface area (Å²) < 4.78 is 0. The molecule has 0 aliphatic carbocycles. The van der Waals surface area contributed by atoms with Crippen LogP contribution in [0.2, 0.25) is 0 Å². The summed E-state index contributed by atoms with van der Waals surface area (Å²) in [5, 5.41) is 8.65. The molecule has 1 aromatic heterocycles. The minimum Gasteiger partial charge on any atom is -0.333 e. The van der Waals surface area contributed by atoms with Crippen LogP contribution in [0.5, 0.6) is 0 Å². The number of para-hydroxylation sites is 1. The van der Waals surface area contributed by atoms with Gasteiger partial charge in [-0.3, -0.25) is 0 Å². The molecule has 2 unspecified atom stereocenters. The molecule has 0 radical (unpaired) electrons. The Morgan fingerprint density at radius 1 is 1.00 bits per heavy atom. The highest BCUT2D eigenvalue weighted by Crippen LogP contribution is 2.40. The smallest absolute Gasteiger partial charge is 0.246 e. The van der Waals surface area contributed by atoms with Gasteiger partial charge in [0, 0.05) is 16.9 Å². The van der Waals surface area contributed by atoms with Crippen LogP contribution in [-0.4, -0.2) is 32.1 Å². The van der Waals surface area contributed by atoms with Crippen molar-refractivity contribution < 1.29 is 0 Å². The van der Waals surface area contributed by atoms with E-state index in [-0.39, 0.29) is 0 Å². The lowest BCUT2D eigenvalue weighted by Crippen LogP contribution is -2.44. The minimum absolute atomic E-state index is 0.575. The van der Waals surface area contributed by atoms with Crippen LogP contribution in [-0.2, 0) is 0 Å². The minimum atomic E-state index is 0.575. The van der Waals surface area contributed by atoms with Gasteiger partial charge in [-0.15, -0.1) is 10.2 Å². The molecule has 2 aliphatic rings. The van der Waals surface area contributed by atoms with Gasteiger partial charge in [0.25, 0.3) is 0 Å². The zero-order valence-corrected chi connectivity index (χ0v) is 12.1. The molecule has 2 atom stereocenters. The zero-order valence-electron chi connectivity index (χ0n) is 10.5. The summed E-state index contributed by atoms with van der Waals surface area (Å²) in [6.07, 6.45) is 4.88. The molecule has 3 heterocycles. The van der Waals surface area contributed by atoms with Crippen molar-refractivity contribution in [3.8, 4) is 0 Å². The third kappa shape index (κ3) is 1.91. The topological polar surface area (TPSA) is 41.9 Å². The summed E-state index contributed by atoms with van der Waals surface area (Å²) in [5.74, 6) is 0.811. The van der Waals surface area contributed by atoms with Crippen molar-refractivity contribution in [3.63, 3.8) is 0 Å². The third-order valence-corrected chi connectivity index (χ3v) is 5.00. The molecule has 2 saturated heterocycles. The molecule has 0 spiro atoms. The lowest BCUT2D eigenvalue weighted by Gasteiger charge is -2.36. The highest BCUT2D eigenvalue weighted by Gasteiger charge is 2.41. The molecule has 4 rings (SSSR count). The van der Waals surface area contributed by atoms with Gasteiger partial charge in [0.2, 0.25) is 5.95 Å². The standard InChI is InChI=1S/C14H15BrN4/c15-9-7-10-5-6-11(8-9)19(10)14-16-12-3-1-2-4-13(12)17-18-14/h1-4,9-11H,5-8H2. The fourth-order valence-electron chi connectivity index (χ4n) is 3.42. The van der Waals surface area contributed by atoms with Crippen molar-refractivity contribution >= 4 is 32.9 Å². The molecule has 2 fully saturated rings. The molecule has 19 heavy (non-hydrogen) atoms. The third-order valence-electron chi connectivity index (χ3n) is 4.26. The van der Waals surface area contributed by atoms with E-state index in [1.54, 1.807) is 0 Å². The van der Waals surface area contributed by atoms with Gasteiger partial charge < -0.3 is 4.90 Å². The predicted octanol–water partition coefficient (Wildman–Crippen LogP) is 2.92. The molecule has 0 saturated carbocycles. The van der Waals surface area contributed by atoms with E-state index in [2.05, 4.69) is 31.0 Å². The second-order valence-corrected chi connectivity index (χ2v) is 6.76. The monoisotopic (exact) mass is 318 g/mol. The highest BCUT2D eigenvalue weighted by atomic mass is 79.9. The van der Waals surface area contributed by atoms with Gasteiger partial charge in [0.05, 0.1) is 5.52 Å². The van der Waals surface area contributed by atoms with Crippen LogP contribution >= 0.6 is 15.9 Å². The summed E-state index contributed by atoms with van der Waals surface area (Å²) in [4.78, 5) is 7.75. The Morgan fingerprint density at radius 3 is 2.42 bits per heavy atom. The molecular weight excluding hydrogens is 304 g/mol. The predicted molar refractivity (Wildman–Crippen MR) is 78.6 cm³/mol. The summed E-state index contributed by atoms with van der Waals surface area (Å²) >= 11 is 3.77. The molecule has 0 amide bonds. The van der Waals surface area contributed by atoms with Crippen LogP contribution in [0, 0.1) is 0 Å². The van der Waals surface area contributed by atoms with Gasteiger partial charge in [-0.05, 0) is 37.8 Å². The molecule has 1 aromatic carbocycles. The molecule has 2 aliphatic heterocycles. The molecule has 2 aromatic rings. The Morgan fingerprint density at radius 2 is 1.68 bits per heavy atom. The van der Waals surface area contributed by atoms with Crippen molar-refractivity contribution in [3.05, 3.63) is 24.3 Å². The number of nitrogens with zero attached hydrogens (tertiary/aromatic N) is 4. The number of aromatic nitrogens is 3. The number of piperidine rings is 1. The van der Waals surface area contributed by atoms with E-state index in [0.29, 0.717) is 16.9 Å². The molecule has 2 bridgehead atoms. The Hall–Kier alpha value is -1.23. The van der Waals surface area contributed by atoms with Crippen LogP contribution in [0.25, 0.3) is 11.0 Å². The van der Waals surface area contributed by atoms with E-state index in [0.717, 1.165) is 17.0 Å². The average molecular weight is 319 g/mol. The Bertz CT molecular complexity index is 603. The number of hydrogen-bond donors (Lipinski definition) is 0. The first-order valence-electron chi connectivity index (χ1n) is 6.83. The fraction of sp³-hybridized carbons (Fsp3) is 0.500. The summed E-state index contributed by atoms with van der Waals surface area (Å²) in [6.45, 7) is 0. The Balaban J connectivity index is 1.74. The van der Waals surface area contributed by atoms with Crippen molar-refractivity contribution in [1.82, 2.24) is 15.2 Å². The lowest BCUT2D eigenvalue weighted by atomic mass is 10.0. The Kier molecular flexibility index (Phi) is 2.69. The number of fused-ring (bicyclic) bond motifs is 3. The van der Waals surface area contributed by atoms with Gasteiger partial charge in [-0.1, -0.05) is 28.1 Å². The molecular formula is C14H15BrN4. The number of alkyl halides is 1. The van der Waals surface area contributed by atoms with Gasteiger partial charge in [-0.2, -0.15) is 0 Å². The van der Waals surface area contributed by atoms with Gasteiger partial charge >= 0.3 is 0 Å². The second-order valence-electron chi connectivity index (χ2n) is 5.46. The van der Waals surface area contributed by atoms with Gasteiger partial charge in [-0.25, -0.2) is 4.98 Å². The van der Waals surface area contributed by atoms with E-state index in [4.69, 9.17) is 4.98 Å². The number of benzene rings is 1. The zero-order chi connectivity index (χ0) is 12.8. The number of anilines is 1. The van der Waals surface area contributed by atoms with Crippen LogP contribution in [0.4, 0.5) is 5.95 Å². The maximum Gasteiger partial charge on any atom is 0.246 e. The van der Waals surface area contributed by atoms with Crippen molar-refractivity contribution in [1.29, 1.82) is 0 Å². The summed E-state index contributed by atoms with van der Waals surface area (Å²) in [5.41, 5.74) is 1.81. The van der Waals surface area contributed by atoms with Crippen molar-refractivity contribution in [2.75, 3.05) is 4.90 Å². The summed E-state index contributed by atoms with van der Waals surface area (Å²) in [7, 11) is 0. The maximum atomic E-state index is 4.70. The normalized spacial score (nSPS) is 29.9. The van der Waals surface area contributed by atoms with Crippen LogP contribution < -0.4 is 4.90 Å². The van der Waals surface area contributed by atoms with Gasteiger partial charge in [0.15, 0.2) is 0 Å². The average Bonchev–Trinajstić information content (AvgIpc) is 2.70. The van der Waals surface area contributed by atoms with Crippen LogP contribution in [0.15, 0.2) is 24.3 Å². The molecule has 0 N–H and O–H groups in total. The molecule has 4 nitrogen and oxygen atoms in total. The van der Waals surface area contributed by atoms with E-state index in [1.807, 2.05) is 24.3 Å². The maximum absolute atomic E-state index is 4.70. The Labute approximate surface area is 120 Å². The van der Waals surface area contributed by atoms with E-state index >= 15 is 0 Å². The quantitative estimate of drug-likeness (QED) is 0.758. The van der Waals surface area contributed by atoms with Crippen molar-refractivity contribution in [2.45, 2.75) is 42.6 Å². The van der Waals surface area contributed by atoms with Crippen LogP contribution in [0.3, 0.4) is 0 Å². The first-order valence-corrected chi connectivity index (χ1v) is 7.75. The summed E-state index contributed by atoms with van der Waals surface area (Å²) in [6, 6.07) is 9.08. The van der Waals surface area contributed by atoms with E-state index in [1.165, 1.54) is 25.7 Å². The lowest BCUT2D eigenvalue weighted by molar-refractivity contribution is 0.473. The second kappa shape index (κ2) is 4.40. The van der Waals surface area contributed by atoms with Gasteiger partial charge in [0.1, 0.15) is 5.52 Å². The largest absolute Gasteiger partial charge is 0.333 e. The molecule has 98 valence electrons. The van der Waals surface area contributed by atoms with E-state index in [9.17, 15) is 0 Å². The molecule has 5 heteroatoms. The first-order chi connectivity index (χ1) is 9.31. The highest BCUT2D eigenvalue weighted by molar-refractivity contribution is 9.09. The van der Waals surface area contributed by atoms with Crippen LogP contribution in [0.1, 0.15) is 25.7 Å². The number of halogens is 1. The SMILES string of the molecule is BrC1CC2CCC(C1)N2c1nnc2ccccc2n1. The number of hydrogen-bond acceptors (Lipinski definition) is 4. The first kappa shape index (κ1) is 11.6. The number of rotatable bonds is 1. The van der Waals surface area contributed by atoms with E-state index < -0.39 is 0 Å².